The van der Waals surface area contributed by atoms with E-state index < -0.39 is 0 Å². The van der Waals surface area contributed by atoms with E-state index in [2.05, 4.69) is 0 Å². The zero-order chi connectivity index (χ0) is 7.23. The third kappa shape index (κ3) is 4.66. The van der Waals surface area contributed by atoms with Gasteiger partial charge in [-0.25, -0.2) is 6.08 Å². The molecule has 1 rings (SSSR count). The molecule has 1 fully saturated rings. The Labute approximate surface area is 80.1 Å². The van der Waals surface area contributed by atoms with E-state index in [0.29, 0.717) is 6.61 Å². The van der Waals surface area contributed by atoms with Crippen LogP contribution >= 0.6 is 0 Å². The summed E-state index contributed by atoms with van der Waals surface area (Å²) in [4.78, 5) is 0. The molecule has 2 nitrogen and oxygen atoms in total. The van der Waals surface area contributed by atoms with Crippen molar-refractivity contribution >= 4 is 0 Å². The van der Waals surface area contributed by atoms with Gasteiger partial charge in [0, 0.05) is 13.2 Å². The number of ether oxygens (including phenoxy) is 2. The van der Waals surface area contributed by atoms with Crippen LogP contribution in [-0.4, -0.2) is 19.5 Å². The van der Waals surface area contributed by atoms with Gasteiger partial charge in [-0.3, -0.25) is 0 Å². The molecule has 0 N–H and O–H groups in total. The molecule has 0 aromatic heterocycles. The fraction of sp³-hybridized carbons (Fsp3) is 0.750. The van der Waals surface area contributed by atoms with E-state index in [1.807, 2.05) is 0 Å². The Hall–Kier alpha value is 0.257. The van der Waals surface area contributed by atoms with E-state index in [0.717, 1.165) is 19.4 Å². The predicted octanol–water partition coefficient (Wildman–Crippen LogP) is -1.48. The van der Waals surface area contributed by atoms with Crippen molar-refractivity contribution in [3.63, 3.8) is 0 Å². The largest absolute Gasteiger partial charge is 1.00 e. The van der Waals surface area contributed by atoms with Crippen LogP contribution in [0.2, 0.25) is 0 Å². The fourth-order valence-corrected chi connectivity index (χ4v) is 1.01. The molecular formula is C8H13LiO2. The van der Waals surface area contributed by atoms with E-state index >= 15 is 0 Å². The summed E-state index contributed by atoms with van der Waals surface area (Å²) >= 11 is 0. The molecule has 0 amide bonds. The van der Waals surface area contributed by atoms with Gasteiger partial charge in [-0.05, 0) is 19.3 Å². The van der Waals surface area contributed by atoms with Crippen molar-refractivity contribution in [3.05, 3.63) is 12.7 Å². The molecule has 0 saturated carbocycles. The summed E-state index contributed by atoms with van der Waals surface area (Å²) in [6, 6.07) is 0. The third-order valence-corrected chi connectivity index (χ3v) is 1.52. The summed E-state index contributed by atoms with van der Waals surface area (Å²) in [5.41, 5.74) is 0. The summed E-state index contributed by atoms with van der Waals surface area (Å²) in [5, 5.41) is 0. The molecule has 11 heavy (non-hydrogen) atoms. The van der Waals surface area contributed by atoms with Gasteiger partial charge in [0.15, 0.2) is 6.29 Å². The quantitative estimate of drug-likeness (QED) is 0.359. The SMILES string of the molecule is [CH-]=CCOC1CCCCO1.[Li+]. The zero-order valence-electron chi connectivity index (χ0n) is 7.08. The van der Waals surface area contributed by atoms with Crippen molar-refractivity contribution in [1.82, 2.24) is 0 Å². The Bertz CT molecular complexity index is 100. The van der Waals surface area contributed by atoms with Crippen molar-refractivity contribution in [2.45, 2.75) is 25.6 Å². The Morgan fingerprint density at radius 3 is 2.91 bits per heavy atom. The second kappa shape index (κ2) is 6.94. The van der Waals surface area contributed by atoms with Crippen LogP contribution in [0.4, 0.5) is 0 Å². The molecule has 0 bridgehead atoms. The van der Waals surface area contributed by atoms with E-state index in [9.17, 15) is 0 Å². The summed E-state index contributed by atoms with van der Waals surface area (Å²) in [6.45, 7) is 6.46. The molecule has 1 saturated heterocycles. The minimum absolute atomic E-state index is 0. The first kappa shape index (κ1) is 11.3. The molecule has 0 aromatic carbocycles. The van der Waals surface area contributed by atoms with Gasteiger partial charge in [-0.15, -0.1) is 0 Å². The maximum atomic E-state index is 5.28. The first-order valence-corrected chi connectivity index (χ1v) is 3.70. The molecule has 0 spiro atoms. The Morgan fingerprint density at radius 1 is 1.55 bits per heavy atom. The van der Waals surface area contributed by atoms with E-state index in [-0.39, 0.29) is 25.2 Å². The molecule has 1 atom stereocenters. The fourth-order valence-electron chi connectivity index (χ4n) is 1.01. The monoisotopic (exact) mass is 148 g/mol. The number of rotatable bonds is 3. The van der Waals surface area contributed by atoms with Gasteiger partial charge in [0.05, 0.1) is 0 Å². The molecule has 0 aromatic rings. The normalized spacial score (nSPS) is 23.8. The van der Waals surface area contributed by atoms with Crippen LogP contribution in [0.5, 0.6) is 0 Å². The Balaban J connectivity index is 0.000001000. The van der Waals surface area contributed by atoms with Gasteiger partial charge in [-0.1, -0.05) is 0 Å². The first-order valence-electron chi connectivity index (χ1n) is 3.70. The van der Waals surface area contributed by atoms with Crippen molar-refractivity contribution in [2.24, 2.45) is 0 Å². The molecule has 1 aliphatic heterocycles. The topological polar surface area (TPSA) is 18.5 Å². The Kier molecular flexibility index (Phi) is 7.10. The van der Waals surface area contributed by atoms with Gasteiger partial charge < -0.3 is 16.1 Å². The number of hydrogen-bond acceptors (Lipinski definition) is 2. The minimum Gasteiger partial charge on any atom is -0.516 e. The molecule has 1 aliphatic rings. The van der Waals surface area contributed by atoms with Crippen molar-refractivity contribution in [2.75, 3.05) is 13.2 Å². The molecule has 0 radical (unpaired) electrons. The molecule has 1 heterocycles. The van der Waals surface area contributed by atoms with E-state index in [1.165, 1.54) is 12.5 Å². The van der Waals surface area contributed by atoms with Gasteiger partial charge in [0.25, 0.3) is 0 Å². The van der Waals surface area contributed by atoms with Gasteiger partial charge >= 0.3 is 18.9 Å². The maximum absolute atomic E-state index is 5.28. The standard InChI is InChI=1S/C8H13O2.Li/c1-2-6-9-8-5-3-4-7-10-8;/h1-2,8H,3-7H2;/q-1;+1. The number of hydrogen-bond donors (Lipinski definition) is 0. The van der Waals surface area contributed by atoms with Crippen LogP contribution in [0.3, 0.4) is 0 Å². The van der Waals surface area contributed by atoms with Gasteiger partial charge in [0.1, 0.15) is 0 Å². The summed E-state index contributed by atoms with van der Waals surface area (Å²) in [6.07, 6.45) is 4.86. The summed E-state index contributed by atoms with van der Waals surface area (Å²) in [7, 11) is 0. The predicted molar refractivity (Wildman–Crippen MR) is 38.4 cm³/mol. The van der Waals surface area contributed by atoms with Gasteiger partial charge in [0.2, 0.25) is 0 Å². The Morgan fingerprint density at radius 2 is 2.36 bits per heavy atom. The van der Waals surface area contributed by atoms with Crippen LogP contribution in [0, 0.1) is 6.58 Å². The van der Waals surface area contributed by atoms with Crippen molar-refractivity contribution in [3.8, 4) is 0 Å². The summed E-state index contributed by atoms with van der Waals surface area (Å²) < 4.78 is 10.5. The third-order valence-electron chi connectivity index (χ3n) is 1.52. The smallest absolute Gasteiger partial charge is 0.516 e. The first-order chi connectivity index (χ1) is 4.93. The van der Waals surface area contributed by atoms with Crippen LogP contribution in [-0.2, 0) is 9.47 Å². The molecule has 0 aliphatic carbocycles. The second-order valence-corrected chi connectivity index (χ2v) is 2.37. The molecular weight excluding hydrogens is 135 g/mol. The van der Waals surface area contributed by atoms with Gasteiger partial charge in [-0.2, -0.15) is 0 Å². The average Bonchev–Trinajstić information content (AvgIpc) is 2.03. The molecule has 1 unspecified atom stereocenters. The molecule has 58 valence electrons. The van der Waals surface area contributed by atoms with Crippen LogP contribution in [0.25, 0.3) is 0 Å². The summed E-state index contributed by atoms with van der Waals surface area (Å²) in [5.74, 6) is 0. The second-order valence-electron chi connectivity index (χ2n) is 2.37. The van der Waals surface area contributed by atoms with Crippen molar-refractivity contribution in [1.29, 1.82) is 0 Å². The van der Waals surface area contributed by atoms with Crippen LogP contribution < -0.4 is 18.9 Å². The average molecular weight is 148 g/mol. The van der Waals surface area contributed by atoms with Crippen LogP contribution in [0.15, 0.2) is 6.08 Å². The maximum Gasteiger partial charge on any atom is 1.00 e. The minimum atomic E-state index is -0.00597. The van der Waals surface area contributed by atoms with E-state index in [4.69, 9.17) is 16.1 Å². The van der Waals surface area contributed by atoms with E-state index in [1.54, 1.807) is 0 Å². The van der Waals surface area contributed by atoms with Crippen LogP contribution in [0.1, 0.15) is 19.3 Å². The zero-order valence-corrected chi connectivity index (χ0v) is 7.08. The molecule has 3 heteroatoms. The van der Waals surface area contributed by atoms with Crippen molar-refractivity contribution < 1.29 is 28.3 Å².